The van der Waals surface area contributed by atoms with Gasteiger partial charge in [-0.3, -0.25) is 0 Å². The SMILES string of the molecule is C[C@H]1O[C@@H](Sc2ccccc2)[C@H](OCc2ccccc2)[C@@H](OCc2ccccc2)[C@@H]1OC[C@H](O)CN=[N+]=[N-]. The molecule has 0 spiro atoms. The number of nitrogens with zero attached hydrogens (tertiary/aromatic N) is 3. The predicted octanol–water partition coefficient (Wildman–Crippen LogP) is 5.75. The average molecular weight is 536 g/mol. The lowest BCUT2D eigenvalue weighted by molar-refractivity contribution is -0.243. The first-order valence-electron chi connectivity index (χ1n) is 12.6. The third-order valence-electron chi connectivity index (χ3n) is 6.13. The normalized spacial score (nSPS) is 23.9. The number of aliphatic hydroxyl groups is 1. The van der Waals surface area contributed by atoms with Crippen LogP contribution in [0.2, 0.25) is 0 Å². The van der Waals surface area contributed by atoms with Crippen molar-refractivity contribution in [3.8, 4) is 0 Å². The summed E-state index contributed by atoms with van der Waals surface area (Å²) in [5.74, 6) is 0. The van der Waals surface area contributed by atoms with Crippen LogP contribution in [-0.4, -0.2) is 54.2 Å². The van der Waals surface area contributed by atoms with Gasteiger partial charge in [0.05, 0.1) is 38.6 Å². The van der Waals surface area contributed by atoms with Crippen LogP contribution in [0.15, 0.2) is 101 Å². The zero-order valence-electron chi connectivity index (χ0n) is 21.3. The highest BCUT2D eigenvalue weighted by Gasteiger charge is 2.47. The molecule has 4 rings (SSSR count). The van der Waals surface area contributed by atoms with Crippen LogP contribution in [-0.2, 0) is 32.2 Å². The molecule has 0 aromatic heterocycles. The van der Waals surface area contributed by atoms with E-state index in [-0.39, 0.29) is 24.7 Å². The lowest BCUT2D eigenvalue weighted by Gasteiger charge is -2.45. The molecule has 0 aliphatic carbocycles. The van der Waals surface area contributed by atoms with Crippen LogP contribution in [0, 0.1) is 0 Å². The molecule has 0 bridgehead atoms. The lowest BCUT2D eigenvalue weighted by Crippen LogP contribution is -2.58. The van der Waals surface area contributed by atoms with Crippen molar-refractivity contribution in [1.82, 2.24) is 0 Å². The first-order valence-corrected chi connectivity index (χ1v) is 13.5. The van der Waals surface area contributed by atoms with E-state index in [4.69, 9.17) is 24.5 Å². The summed E-state index contributed by atoms with van der Waals surface area (Å²) in [6.45, 7) is 2.59. The van der Waals surface area contributed by atoms with Gasteiger partial charge >= 0.3 is 0 Å². The molecule has 6 atom stereocenters. The molecule has 0 amide bonds. The molecular formula is C29H33N3O5S. The number of azide groups is 1. The second-order valence-corrected chi connectivity index (χ2v) is 10.2. The molecule has 1 fully saturated rings. The number of ether oxygens (including phenoxy) is 4. The molecule has 1 aliphatic heterocycles. The van der Waals surface area contributed by atoms with E-state index in [9.17, 15) is 5.11 Å². The minimum absolute atomic E-state index is 0.0233. The largest absolute Gasteiger partial charge is 0.391 e. The van der Waals surface area contributed by atoms with Crippen molar-refractivity contribution in [3.05, 3.63) is 113 Å². The van der Waals surface area contributed by atoms with E-state index in [1.54, 1.807) is 11.8 Å². The highest BCUT2D eigenvalue weighted by Crippen LogP contribution is 2.37. The summed E-state index contributed by atoms with van der Waals surface area (Å²) in [6, 6.07) is 30.0. The molecule has 1 heterocycles. The Hall–Kier alpha value is -2.88. The van der Waals surface area contributed by atoms with Gasteiger partial charge in [0.15, 0.2) is 0 Å². The van der Waals surface area contributed by atoms with Crippen LogP contribution in [0.3, 0.4) is 0 Å². The van der Waals surface area contributed by atoms with E-state index >= 15 is 0 Å². The number of rotatable bonds is 13. The Morgan fingerprint density at radius 1 is 0.842 bits per heavy atom. The maximum atomic E-state index is 10.2. The van der Waals surface area contributed by atoms with Crippen molar-refractivity contribution >= 4 is 11.8 Å². The van der Waals surface area contributed by atoms with E-state index < -0.39 is 24.4 Å². The highest BCUT2D eigenvalue weighted by atomic mass is 32.2. The van der Waals surface area contributed by atoms with Crippen LogP contribution in [0.25, 0.3) is 10.4 Å². The molecule has 1 N–H and O–H groups in total. The van der Waals surface area contributed by atoms with Gasteiger partial charge < -0.3 is 24.1 Å². The summed E-state index contributed by atoms with van der Waals surface area (Å²) >= 11 is 1.59. The number of benzene rings is 3. The van der Waals surface area contributed by atoms with Crippen LogP contribution in [0.4, 0.5) is 0 Å². The fourth-order valence-electron chi connectivity index (χ4n) is 4.24. The molecule has 0 unspecified atom stereocenters. The van der Waals surface area contributed by atoms with Crippen LogP contribution in [0.1, 0.15) is 18.1 Å². The fraction of sp³-hybridized carbons (Fsp3) is 0.379. The Bertz CT molecular complexity index is 1130. The molecule has 0 saturated carbocycles. The van der Waals surface area contributed by atoms with Crippen molar-refractivity contribution in [3.63, 3.8) is 0 Å². The summed E-state index contributed by atoms with van der Waals surface area (Å²) in [6.07, 6.45) is -2.77. The minimum Gasteiger partial charge on any atom is -0.391 e. The molecule has 8 nitrogen and oxygen atoms in total. The fourth-order valence-corrected chi connectivity index (χ4v) is 5.42. The zero-order valence-corrected chi connectivity index (χ0v) is 22.1. The summed E-state index contributed by atoms with van der Waals surface area (Å²) in [4.78, 5) is 3.77. The topological polar surface area (TPSA) is 106 Å². The van der Waals surface area contributed by atoms with Gasteiger partial charge in [0.25, 0.3) is 0 Å². The smallest absolute Gasteiger partial charge is 0.136 e. The van der Waals surface area contributed by atoms with E-state index in [2.05, 4.69) is 10.0 Å². The number of hydrogen-bond acceptors (Lipinski definition) is 7. The van der Waals surface area contributed by atoms with Gasteiger partial charge in [-0.15, -0.1) is 0 Å². The molecule has 1 saturated heterocycles. The molecule has 38 heavy (non-hydrogen) atoms. The summed E-state index contributed by atoms with van der Waals surface area (Å²) in [7, 11) is 0. The van der Waals surface area contributed by atoms with E-state index in [1.165, 1.54) is 0 Å². The lowest BCUT2D eigenvalue weighted by atomic mass is 9.99. The first kappa shape index (κ1) is 28.1. The van der Waals surface area contributed by atoms with E-state index in [0.29, 0.717) is 13.2 Å². The Balaban J connectivity index is 1.59. The highest BCUT2D eigenvalue weighted by molar-refractivity contribution is 7.99. The Labute approximate surface area is 227 Å². The van der Waals surface area contributed by atoms with E-state index in [1.807, 2.05) is 97.9 Å². The minimum atomic E-state index is -0.937. The molecule has 1 aliphatic rings. The van der Waals surface area contributed by atoms with Crippen molar-refractivity contribution in [2.24, 2.45) is 5.11 Å². The van der Waals surface area contributed by atoms with Crippen molar-refractivity contribution < 1.29 is 24.1 Å². The molecule has 9 heteroatoms. The zero-order chi connectivity index (χ0) is 26.6. The van der Waals surface area contributed by atoms with Gasteiger partial charge in [-0.2, -0.15) is 0 Å². The Morgan fingerprint density at radius 3 is 1.97 bits per heavy atom. The second-order valence-electron chi connectivity index (χ2n) is 9.03. The van der Waals surface area contributed by atoms with Crippen molar-refractivity contribution in [2.75, 3.05) is 13.2 Å². The molecule has 3 aromatic carbocycles. The van der Waals surface area contributed by atoms with Gasteiger partial charge in [-0.25, -0.2) is 0 Å². The third kappa shape index (κ3) is 8.31. The predicted molar refractivity (Wildman–Crippen MR) is 146 cm³/mol. The maximum absolute atomic E-state index is 10.2. The van der Waals surface area contributed by atoms with Crippen LogP contribution in [0.5, 0.6) is 0 Å². The van der Waals surface area contributed by atoms with Gasteiger partial charge in [-0.1, -0.05) is 95.7 Å². The van der Waals surface area contributed by atoms with Gasteiger partial charge in [0.1, 0.15) is 23.7 Å². The Morgan fingerprint density at radius 2 is 1.39 bits per heavy atom. The summed E-state index contributed by atoms with van der Waals surface area (Å²) in [5, 5.41) is 13.7. The van der Waals surface area contributed by atoms with Crippen molar-refractivity contribution in [1.29, 1.82) is 0 Å². The standard InChI is InChI=1S/C29H33N3O5S/c1-21-26(36-20-24(33)17-31-32-30)27(34-18-22-11-5-2-6-12-22)28(35-19-23-13-7-3-8-14-23)29(37-21)38-25-15-9-4-10-16-25/h2-16,21,24,26-29,33H,17-20H2,1H3/t21-,24-,26-,27+,28-,29+/m1/s1. The van der Waals surface area contributed by atoms with Crippen LogP contribution >= 0.6 is 11.8 Å². The van der Waals surface area contributed by atoms with Crippen LogP contribution < -0.4 is 0 Å². The average Bonchev–Trinajstić information content (AvgIpc) is 2.95. The number of thioether (sulfide) groups is 1. The van der Waals surface area contributed by atoms with E-state index in [0.717, 1.165) is 16.0 Å². The Kier molecular flexibility index (Phi) is 11.0. The summed E-state index contributed by atoms with van der Waals surface area (Å²) in [5.41, 5.74) is 10.3. The quantitative estimate of drug-likeness (QED) is 0.170. The van der Waals surface area contributed by atoms with Gasteiger partial charge in [0, 0.05) is 9.81 Å². The number of hydrogen-bond donors (Lipinski definition) is 1. The number of aliphatic hydroxyl groups excluding tert-OH is 1. The third-order valence-corrected chi connectivity index (χ3v) is 7.29. The molecule has 200 valence electrons. The summed E-state index contributed by atoms with van der Waals surface area (Å²) < 4.78 is 25.7. The van der Waals surface area contributed by atoms with Gasteiger partial charge in [-0.05, 0) is 35.7 Å². The second kappa shape index (κ2) is 14.9. The monoisotopic (exact) mass is 535 g/mol. The van der Waals surface area contributed by atoms with Crippen molar-refractivity contribution in [2.45, 2.75) is 61.0 Å². The molecular weight excluding hydrogens is 502 g/mol. The van der Waals surface area contributed by atoms with Gasteiger partial charge in [0.2, 0.25) is 0 Å². The molecule has 0 radical (unpaired) electrons. The molecule has 3 aromatic rings. The first-order chi connectivity index (χ1) is 18.6. The maximum Gasteiger partial charge on any atom is 0.136 e.